The van der Waals surface area contributed by atoms with Gasteiger partial charge >= 0.3 is 0 Å². The summed E-state index contributed by atoms with van der Waals surface area (Å²) in [4.78, 5) is 12.9. The Kier molecular flexibility index (Phi) is 5.34. The first kappa shape index (κ1) is 18.6. The molecule has 4 rings (SSSR count). The predicted molar refractivity (Wildman–Crippen MR) is 111 cm³/mol. The summed E-state index contributed by atoms with van der Waals surface area (Å²) in [5.74, 6) is 1.15. The first-order valence-corrected chi connectivity index (χ1v) is 10.3. The van der Waals surface area contributed by atoms with E-state index < -0.39 is 0 Å². The first-order valence-electron chi connectivity index (χ1n) is 9.40. The smallest absolute Gasteiger partial charge is 0.236 e. The topological polar surface area (TPSA) is 71.8 Å². The van der Waals surface area contributed by atoms with E-state index in [0.717, 1.165) is 17.0 Å². The van der Waals surface area contributed by atoms with Crippen molar-refractivity contribution in [2.75, 3.05) is 12.0 Å². The second-order valence-corrected chi connectivity index (χ2v) is 8.31. The van der Waals surface area contributed by atoms with Crippen LogP contribution in [0.1, 0.15) is 25.5 Å². The Morgan fingerprint density at radius 3 is 2.46 bits per heavy atom. The van der Waals surface area contributed by atoms with E-state index in [1.165, 1.54) is 11.8 Å². The van der Waals surface area contributed by atoms with Gasteiger partial charge in [-0.25, -0.2) is 4.68 Å². The van der Waals surface area contributed by atoms with Crippen LogP contribution in [0.2, 0.25) is 0 Å². The number of amides is 1. The van der Waals surface area contributed by atoms with Gasteiger partial charge in [0.05, 0.1) is 6.04 Å². The van der Waals surface area contributed by atoms with Crippen molar-refractivity contribution >= 4 is 17.7 Å². The molecular formula is C21H23N5OS. The molecule has 7 heteroatoms. The van der Waals surface area contributed by atoms with E-state index in [1.54, 1.807) is 0 Å². The zero-order valence-corrected chi connectivity index (χ0v) is 16.7. The zero-order chi connectivity index (χ0) is 19.5. The molecule has 144 valence electrons. The van der Waals surface area contributed by atoms with Crippen LogP contribution >= 0.6 is 11.8 Å². The van der Waals surface area contributed by atoms with Crippen molar-refractivity contribution in [2.24, 2.45) is 5.92 Å². The third-order valence-corrected chi connectivity index (χ3v) is 5.79. The van der Waals surface area contributed by atoms with Gasteiger partial charge in [0.1, 0.15) is 5.25 Å². The van der Waals surface area contributed by atoms with Crippen LogP contribution in [0.4, 0.5) is 0 Å². The Morgan fingerprint density at radius 2 is 1.79 bits per heavy atom. The van der Waals surface area contributed by atoms with Crippen LogP contribution in [0.25, 0.3) is 11.4 Å². The standard InChI is InChI=1S/C21H23N5OS/c1-14(2)13-22-20(27)18-17(15-9-5-3-6-10-15)25-26-19(23-24-21(26)28-18)16-11-7-4-8-12-16/h3-12,14,17-18,25H,13H2,1-2H3,(H,22,27)/t17-,18+/m0/s1. The minimum atomic E-state index is -0.332. The van der Waals surface area contributed by atoms with E-state index in [0.29, 0.717) is 17.6 Å². The molecule has 0 aliphatic carbocycles. The number of nitrogens with zero attached hydrogens (tertiary/aromatic N) is 3. The highest BCUT2D eigenvalue weighted by Gasteiger charge is 2.37. The number of carbonyl (C=O) groups excluding carboxylic acids is 1. The number of fused-ring (bicyclic) bond motifs is 1. The highest BCUT2D eigenvalue weighted by atomic mass is 32.2. The highest BCUT2D eigenvalue weighted by molar-refractivity contribution is 8.00. The number of hydrogen-bond acceptors (Lipinski definition) is 5. The molecule has 1 aliphatic rings. The first-order chi connectivity index (χ1) is 13.6. The van der Waals surface area contributed by atoms with Crippen molar-refractivity contribution in [3.05, 3.63) is 66.2 Å². The minimum absolute atomic E-state index is 0.00978. The van der Waals surface area contributed by atoms with Gasteiger partial charge in [-0.3, -0.25) is 4.79 Å². The fourth-order valence-electron chi connectivity index (χ4n) is 3.15. The van der Waals surface area contributed by atoms with Crippen LogP contribution in [-0.2, 0) is 4.79 Å². The number of nitrogens with one attached hydrogen (secondary N) is 2. The maximum absolute atomic E-state index is 12.9. The third-order valence-electron chi connectivity index (χ3n) is 4.57. The fraction of sp³-hybridized carbons (Fsp3) is 0.286. The Bertz CT molecular complexity index is 942. The van der Waals surface area contributed by atoms with Crippen molar-refractivity contribution in [2.45, 2.75) is 30.3 Å². The summed E-state index contributed by atoms with van der Waals surface area (Å²) in [6, 6.07) is 19.8. The second kappa shape index (κ2) is 8.06. The molecule has 0 spiro atoms. The van der Waals surface area contributed by atoms with Gasteiger partial charge in [-0.2, -0.15) is 0 Å². The molecule has 1 aliphatic heterocycles. The Balaban J connectivity index is 1.69. The van der Waals surface area contributed by atoms with Gasteiger partial charge in [0, 0.05) is 12.1 Å². The van der Waals surface area contributed by atoms with Gasteiger partial charge in [0.15, 0.2) is 5.82 Å². The number of rotatable bonds is 5. The lowest BCUT2D eigenvalue weighted by atomic mass is 10.0. The number of thioether (sulfide) groups is 1. The molecular weight excluding hydrogens is 370 g/mol. The van der Waals surface area contributed by atoms with Crippen LogP contribution in [0, 0.1) is 5.92 Å². The molecule has 28 heavy (non-hydrogen) atoms. The number of carbonyl (C=O) groups is 1. The van der Waals surface area contributed by atoms with E-state index in [1.807, 2.05) is 65.3 Å². The monoisotopic (exact) mass is 393 g/mol. The lowest BCUT2D eigenvalue weighted by Crippen LogP contribution is -2.44. The van der Waals surface area contributed by atoms with E-state index in [-0.39, 0.29) is 17.2 Å². The summed E-state index contributed by atoms with van der Waals surface area (Å²) in [6.45, 7) is 4.83. The fourth-order valence-corrected chi connectivity index (χ4v) is 4.25. The molecule has 1 aromatic heterocycles. The van der Waals surface area contributed by atoms with Gasteiger partial charge in [-0.1, -0.05) is 86.3 Å². The largest absolute Gasteiger partial charge is 0.355 e. The molecule has 0 unspecified atom stereocenters. The summed E-state index contributed by atoms with van der Waals surface area (Å²) in [5.41, 5.74) is 5.52. The number of benzene rings is 2. The maximum atomic E-state index is 12.9. The van der Waals surface area contributed by atoms with Crippen molar-refractivity contribution in [3.63, 3.8) is 0 Å². The van der Waals surface area contributed by atoms with Gasteiger partial charge < -0.3 is 10.7 Å². The highest BCUT2D eigenvalue weighted by Crippen LogP contribution is 2.38. The minimum Gasteiger partial charge on any atom is -0.355 e. The van der Waals surface area contributed by atoms with E-state index in [9.17, 15) is 4.79 Å². The normalized spacial score (nSPS) is 18.4. The molecule has 0 radical (unpaired) electrons. The molecule has 2 heterocycles. The summed E-state index contributed by atoms with van der Waals surface area (Å²) in [6.07, 6.45) is 0. The Hall–Kier alpha value is -2.80. The molecule has 1 amide bonds. The molecule has 2 aromatic carbocycles. The molecule has 0 fully saturated rings. The molecule has 2 N–H and O–H groups in total. The van der Waals surface area contributed by atoms with Crippen LogP contribution in [0.5, 0.6) is 0 Å². The number of aromatic nitrogens is 3. The van der Waals surface area contributed by atoms with Crippen LogP contribution in [0.3, 0.4) is 0 Å². The summed E-state index contributed by atoms with van der Waals surface area (Å²) in [5, 5.41) is 12.1. The quantitative estimate of drug-likeness (QED) is 0.694. The van der Waals surface area contributed by atoms with Gasteiger partial charge in [0.2, 0.25) is 11.1 Å². The number of hydrogen-bond donors (Lipinski definition) is 2. The van der Waals surface area contributed by atoms with Crippen molar-refractivity contribution < 1.29 is 4.79 Å². The SMILES string of the molecule is CC(C)CNC(=O)[C@@H]1Sc2nnc(-c3ccccc3)n2N[C@H]1c1ccccc1. The molecule has 3 aromatic rings. The average Bonchev–Trinajstić information content (AvgIpc) is 3.15. The van der Waals surface area contributed by atoms with Gasteiger partial charge in [-0.15, -0.1) is 10.2 Å². The summed E-state index contributed by atoms with van der Waals surface area (Å²) in [7, 11) is 0. The molecule has 0 saturated heterocycles. The van der Waals surface area contributed by atoms with Crippen LogP contribution < -0.4 is 10.7 Å². The third kappa shape index (κ3) is 3.75. The zero-order valence-electron chi connectivity index (χ0n) is 15.9. The van der Waals surface area contributed by atoms with Crippen LogP contribution in [-0.4, -0.2) is 32.6 Å². The van der Waals surface area contributed by atoms with E-state index in [2.05, 4.69) is 34.8 Å². The predicted octanol–water partition coefficient (Wildman–Crippen LogP) is 3.48. The van der Waals surface area contributed by atoms with Gasteiger partial charge in [-0.05, 0) is 11.5 Å². The average molecular weight is 394 g/mol. The van der Waals surface area contributed by atoms with Crippen molar-refractivity contribution in [3.8, 4) is 11.4 Å². The van der Waals surface area contributed by atoms with E-state index in [4.69, 9.17) is 0 Å². The summed E-state index contributed by atoms with van der Waals surface area (Å²) >= 11 is 1.45. The molecule has 6 nitrogen and oxygen atoms in total. The molecule has 2 atom stereocenters. The Morgan fingerprint density at radius 1 is 1.11 bits per heavy atom. The molecule has 0 bridgehead atoms. The summed E-state index contributed by atoms with van der Waals surface area (Å²) < 4.78 is 1.89. The van der Waals surface area contributed by atoms with Crippen LogP contribution in [0.15, 0.2) is 65.8 Å². The van der Waals surface area contributed by atoms with E-state index >= 15 is 0 Å². The lowest BCUT2D eigenvalue weighted by Gasteiger charge is -2.33. The van der Waals surface area contributed by atoms with Crippen molar-refractivity contribution in [1.29, 1.82) is 0 Å². The van der Waals surface area contributed by atoms with Gasteiger partial charge in [0.25, 0.3) is 0 Å². The molecule has 0 saturated carbocycles. The maximum Gasteiger partial charge on any atom is 0.236 e. The Labute approximate surface area is 168 Å². The lowest BCUT2D eigenvalue weighted by molar-refractivity contribution is -0.121. The van der Waals surface area contributed by atoms with Crippen molar-refractivity contribution in [1.82, 2.24) is 20.2 Å². The second-order valence-electron chi connectivity index (χ2n) is 7.20.